The second kappa shape index (κ2) is 7.86. The van der Waals surface area contributed by atoms with Crippen LogP contribution in [-0.4, -0.2) is 33.9 Å². The van der Waals surface area contributed by atoms with E-state index >= 15 is 0 Å². The molecule has 0 saturated carbocycles. The van der Waals surface area contributed by atoms with Crippen molar-refractivity contribution in [1.82, 2.24) is 0 Å². The van der Waals surface area contributed by atoms with E-state index < -0.39 is 0 Å². The number of rotatable bonds is 6. The number of amides is 1. The molecule has 0 fully saturated rings. The molecular weight excluding hydrogens is 329 g/mol. The third-order valence-corrected chi connectivity index (χ3v) is 5.47. The van der Waals surface area contributed by atoms with E-state index in [4.69, 9.17) is 4.74 Å². The van der Waals surface area contributed by atoms with Crippen molar-refractivity contribution >= 4 is 31.7 Å². The first-order chi connectivity index (χ1) is 10.2. The number of benzene rings is 2. The van der Waals surface area contributed by atoms with Crippen LogP contribution in [0.15, 0.2) is 48.5 Å². The number of aliphatic hydroxyl groups excluding tert-OH is 1. The van der Waals surface area contributed by atoms with Gasteiger partial charge < -0.3 is 0 Å². The van der Waals surface area contributed by atoms with Gasteiger partial charge in [0.05, 0.1) is 0 Å². The first-order valence-corrected chi connectivity index (χ1v) is 8.79. The molecule has 0 atom stereocenters. The van der Waals surface area contributed by atoms with Crippen molar-refractivity contribution in [2.24, 2.45) is 0 Å². The van der Waals surface area contributed by atoms with E-state index in [0.29, 0.717) is 11.0 Å². The monoisotopic (exact) mass is 346 g/mol. The van der Waals surface area contributed by atoms with Crippen molar-refractivity contribution in [1.29, 1.82) is 0 Å². The summed E-state index contributed by atoms with van der Waals surface area (Å²) in [5, 5.41) is 12.6. The summed E-state index contributed by atoms with van der Waals surface area (Å²) < 4.78 is 6.22. The molecule has 2 N–H and O–H groups in total. The zero-order valence-corrected chi connectivity index (χ0v) is 13.6. The van der Waals surface area contributed by atoms with Crippen LogP contribution >= 0.6 is 0 Å². The predicted molar refractivity (Wildman–Crippen MR) is 84.2 cm³/mol. The van der Waals surface area contributed by atoms with Gasteiger partial charge in [-0.15, -0.1) is 0 Å². The number of methoxy groups -OCH3 is 1. The van der Waals surface area contributed by atoms with Gasteiger partial charge in [0.15, 0.2) is 0 Å². The Hall–Kier alpha value is -1.77. The summed E-state index contributed by atoms with van der Waals surface area (Å²) in [5.74, 6) is 0.697. The second-order valence-electron chi connectivity index (χ2n) is 4.38. The molecule has 2 aromatic carbocycles. The fourth-order valence-electron chi connectivity index (χ4n) is 1.86. The Morgan fingerprint density at radius 1 is 1.24 bits per heavy atom. The van der Waals surface area contributed by atoms with Crippen LogP contribution in [0.4, 0.5) is 5.69 Å². The molecule has 2 aromatic rings. The number of hydrogen-bond donors (Lipinski definition) is 2. The third kappa shape index (κ3) is 4.62. The summed E-state index contributed by atoms with van der Waals surface area (Å²) >= 11 is -0.298. The molecule has 4 nitrogen and oxygen atoms in total. The van der Waals surface area contributed by atoms with E-state index in [1.54, 1.807) is 13.2 Å². The standard InChI is InChI=1S/C16H17AsNO3/c1-21-14-7-4-6-13(9-14)18-16(20)10-17-15-8-3-2-5-12(15)11-19/h2-9,19H,10-11H2,1H3,(H,18,20). The molecule has 2 rings (SSSR count). The van der Waals surface area contributed by atoms with Crippen LogP contribution in [0.2, 0.25) is 5.21 Å². The Balaban J connectivity index is 1.92. The Labute approximate surface area is 130 Å². The van der Waals surface area contributed by atoms with Crippen molar-refractivity contribution < 1.29 is 14.6 Å². The van der Waals surface area contributed by atoms with E-state index in [-0.39, 0.29) is 28.3 Å². The topological polar surface area (TPSA) is 58.6 Å². The zero-order chi connectivity index (χ0) is 15.1. The average Bonchev–Trinajstić information content (AvgIpc) is 2.53. The van der Waals surface area contributed by atoms with Crippen LogP contribution < -0.4 is 14.4 Å². The molecule has 0 aliphatic heterocycles. The molecule has 0 aliphatic rings. The average molecular weight is 346 g/mol. The van der Waals surface area contributed by atoms with Gasteiger partial charge in [0.25, 0.3) is 0 Å². The van der Waals surface area contributed by atoms with Gasteiger partial charge in [0, 0.05) is 0 Å². The molecule has 0 spiro atoms. The number of hydrogen-bond acceptors (Lipinski definition) is 3. The molecule has 5 heteroatoms. The minimum absolute atomic E-state index is 0.0172. The number of aliphatic hydroxyl groups is 1. The van der Waals surface area contributed by atoms with E-state index in [2.05, 4.69) is 5.32 Å². The Kier molecular flexibility index (Phi) is 5.85. The van der Waals surface area contributed by atoms with Crippen LogP contribution in [0.5, 0.6) is 5.75 Å². The number of carbonyl (C=O) groups is 1. The fourth-order valence-corrected chi connectivity index (χ4v) is 3.81. The van der Waals surface area contributed by atoms with Gasteiger partial charge in [0.2, 0.25) is 0 Å². The van der Waals surface area contributed by atoms with Crippen molar-refractivity contribution in [3.63, 3.8) is 0 Å². The molecule has 1 amide bonds. The van der Waals surface area contributed by atoms with Crippen LogP contribution in [0.3, 0.4) is 0 Å². The summed E-state index contributed by atoms with van der Waals surface area (Å²) in [6.07, 6.45) is 0. The Bertz CT molecular complexity index is 616. The molecule has 0 saturated heterocycles. The van der Waals surface area contributed by atoms with Crippen molar-refractivity contribution in [2.75, 3.05) is 12.4 Å². The predicted octanol–water partition coefficient (Wildman–Crippen LogP) is 1.57. The molecule has 0 aromatic heterocycles. The Morgan fingerprint density at radius 2 is 2.05 bits per heavy atom. The van der Waals surface area contributed by atoms with Gasteiger partial charge in [-0.2, -0.15) is 0 Å². The Morgan fingerprint density at radius 3 is 2.81 bits per heavy atom. The zero-order valence-electron chi connectivity index (χ0n) is 11.7. The normalized spacial score (nSPS) is 10.8. The van der Waals surface area contributed by atoms with E-state index in [0.717, 1.165) is 15.6 Å². The SMILES string of the molecule is COc1cccc(NC(=O)C[As]c2ccccc2CO)c1. The summed E-state index contributed by atoms with van der Waals surface area (Å²) in [5.41, 5.74) is 1.64. The van der Waals surface area contributed by atoms with Gasteiger partial charge in [-0.05, 0) is 0 Å². The molecule has 0 heterocycles. The summed E-state index contributed by atoms with van der Waals surface area (Å²) in [7, 11) is 1.59. The number of carbonyl (C=O) groups excluding carboxylic acids is 1. The van der Waals surface area contributed by atoms with Crippen LogP contribution in [0.1, 0.15) is 5.56 Å². The molecule has 0 unspecified atom stereocenters. The number of anilines is 1. The van der Waals surface area contributed by atoms with Gasteiger partial charge >= 0.3 is 130 Å². The van der Waals surface area contributed by atoms with Crippen LogP contribution in [-0.2, 0) is 11.4 Å². The van der Waals surface area contributed by atoms with Gasteiger partial charge in [0.1, 0.15) is 0 Å². The van der Waals surface area contributed by atoms with Crippen LogP contribution in [0, 0.1) is 0 Å². The van der Waals surface area contributed by atoms with Gasteiger partial charge in [-0.1, -0.05) is 0 Å². The van der Waals surface area contributed by atoms with Crippen molar-refractivity contribution in [2.45, 2.75) is 11.8 Å². The first-order valence-electron chi connectivity index (χ1n) is 6.53. The molecular formula is C16H17AsNO3. The van der Waals surface area contributed by atoms with Crippen LogP contribution in [0.25, 0.3) is 0 Å². The quantitative estimate of drug-likeness (QED) is 0.781. The molecule has 0 bridgehead atoms. The van der Waals surface area contributed by atoms with Gasteiger partial charge in [-0.25, -0.2) is 0 Å². The molecule has 0 aliphatic carbocycles. The molecule has 109 valence electrons. The second-order valence-corrected chi connectivity index (χ2v) is 6.72. The summed E-state index contributed by atoms with van der Waals surface area (Å²) in [6, 6.07) is 15.0. The number of ether oxygens (including phenoxy) is 1. The summed E-state index contributed by atoms with van der Waals surface area (Å²) in [4.78, 5) is 12.0. The first kappa shape index (κ1) is 15.6. The van der Waals surface area contributed by atoms with E-state index in [1.165, 1.54) is 0 Å². The molecule has 21 heavy (non-hydrogen) atoms. The van der Waals surface area contributed by atoms with Gasteiger partial charge in [-0.3, -0.25) is 0 Å². The van der Waals surface area contributed by atoms with Crippen molar-refractivity contribution in [3.8, 4) is 5.75 Å². The fraction of sp³-hybridized carbons (Fsp3) is 0.188. The third-order valence-electron chi connectivity index (χ3n) is 2.91. The number of nitrogens with one attached hydrogen (secondary N) is 1. The summed E-state index contributed by atoms with van der Waals surface area (Å²) in [6.45, 7) is 0.0172. The maximum atomic E-state index is 12.0. The van der Waals surface area contributed by atoms with E-state index in [9.17, 15) is 9.90 Å². The molecule has 1 radical (unpaired) electrons. The minimum atomic E-state index is -0.298. The van der Waals surface area contributed by atoms with Crippen molar-refractivity contribution in [3.05, 3.63) is 54.1 Å². The maximum absolute atomic E-state index is 12.0. The van der Waals surface area contributed by atoms with E-state index in [1.807, 2.05) is 42.5 Å².